The lowest BCUT2D eigenvalue weighted by Gasteiger charge is -2.47. The van der Waals surface area contributed by atoms with Crippen molar-refractivity contribution in [2.24, 2.45) is 11.8 Å². The third-order valence-corrected chi connectivity index (χ3v) is 5.20. The number of H-pyrrole nitrogens is 1. The molecule has 20 heavy (non-hydrogen) atoms. The molecule has 5 heteroatoms. The van der Waals surface area contributed by atoms with Gasteiger partial charge in [-0.3, -0.25) is 9.89 Å². The van der Waals surface area contributed by atoms with Gasteiger partial charge in [-0.25, -0.2) is 0 Å². The number of hydrogen-bond acceptors (Lipinski definition) is 3. The molecule has 2 heterocycles. The molecule has 2 fully saturated rings. The van der Waals surface area contributed by atoms with E-state index in [1.54, 1.807) is 0 Å². The first-order valence-corrected chi connectivity index (χ1v) is 7.71. The van der Waals surface area contributed by atoms with Gasteiger partial charge in [-0.1, -0.05) is 19.8 Å². The van der Waals surface area contributed by atoms with Crippen molar-refractivity contribution in [3.05, 3.63) is 11.4 Å². The molecule has 3 N–H and O–H groups in total. The van der Waals surface area contributed by atoms with Crippen LogP contribution in [0, 0.1) is 18.8 Å². The zero-order valence-electron chi connectivity index (χ0n) is 12.4. The van der Waals surface area contributed by atoms with Crippen LogP contribution >= 0.6 is 0 Å². The van der Waals surface area contributed by atoms with E-state index in [9.17, 15) is 4.79 Å². The highest BCUT2D eigenvalue weighted by molar-refractivity contribution is 5.97. The van der Waals surface area contributed by atoms with Gasteiger partial charge in [0.15, 0.2) is 5.69 Å². The fourth-order valence-corrected chi connectivity index (χ4v) is 3.90. The maximum Gasteiger partial charge on any atom is 0.276 e. The van der Waals surface area contributed by atoms with Crippen LogP contribution in [0.5, 0.6) is 0 Å². The molecule has 3 rings (SSSR count). The van der Waals surface area contributed by atoms with E-state index in [-0.39, 0.29) is 5.91 Å². The summed E-state index contributed by atoms with van der Waals surface area (Å²) in [6.45, 7) is 5.02. The number of amides is 1. The number of nitrogen functional groups attached to an aromatic ring is 1. The Morgan fingerprint density at radius 3 is 2.80 bits per heavy atom. The van der Waals surface area contributed by atoms with Crippen LogP contribution in [0.1, 0.15) is 55.2 Å². The number of aryl methyl sites for hydroxylation is 1. The van der Waals surface area contributed by atoms with Crippen molar-refractivity contribution in [2.45, 2.75) is 52.0 Å². The monoisotopic (exact) mass is 276 g/mol. The van der Waals surface area contributed by atoms with Gasteiger partial charge in [0, 0.05) is 12.6 Å². The summed E-state index contributed by atoms with van der Waals surface area (Å²) in [6, 6.07) is 0.386. The topological polar surface area (TPSA) is 75.0 Å². The van der Waals surface area contributed by atoms with Crippen LogP contribution in [0.3, 0.4) is 0 Å². The molecule has 1 aliphatic carbocycles. The summed E-state index contributed by atoms with van der Waals surface area (Å²) in [6.07, 6.45) is 6.01. The van der Waals surface area contributed by atoms with Crippen molar-refractivity contribution in [1.82, 2.24) is 15.1 Å². The standard InChI is InChI=1S/C15H24N4O/c1-9-7-8-19(12-6-4-3-5-11(9)12)15(20)14-13(16)10(2)17-18-14/h9,11-12H,3-8,16H2,1-2H3,(H,17,18). The number of fused-ring (bicyclic) bond motifs is 1. The van der Waals surface area contributed by atoms with E-state index in [1.807, 2.05) is 11.8 Å². The minimum absolute atomic E-state index is 0.00986. The molecule has 2 aliphatic rings. The molecule has 1 amide bonds. The predicted molar refractivity (Wildman–Crippen MR) is 78.3 cm³/mol. The highest BCUT2D eigenvalue weighted by Crippen LogP contribution is 2.39. The zero-order chi connectivity index (χ0) is 14.3. The number of carbonyl (C=O) groups excluding carboxylic acids is 1. The summed E-state index contributed by atoms with van der Waals surface area (Å²) in [5.41, 5.74) is 7.65. The summed E-state index contributed by atoms with van der Waals surface area (Å²) in [4.78, 5) is 14.8. The Labute approximate surface area is 119 Å². The number of aromatic amines is 1. The first-order valence-electron chi connectivity index (χ1n) is 7.71. The van der Waals surface area contributed by atoms with Crippen molar-refractivity contribution >= 4 is 11.6 Å². The van der Waals surface area contributed by atoms with E-state index in [0.29, 0.717) is 23.3 Å². The Kier molecular flexibility index (Phi) is 3.44. The predicted octanol–water partition coefficient (Wildman–Crippen LogP) is 2.34. The molecule has 0 radical (unpaired) electrons. The number of hydrogen-bond donors (Lipinski definition) is 2. The Balaban J connectivity index is 1.85. The largest absolute Gasteiger partial charge is 0.395 e. The molecule has 0 bridgehead atoms. The molecular formula is C15H24N4O. The van der Waals surface area contributed by atoms with Crippen LogP contribution in [0.25, 0.3) is 0 Å². The molecule has 1 aliphatic heterocycles. The second-order valence-electron chi connectivity index (χ2n) is 6.39. The number of nitrogens with one attached hydrogen (secondary N) is 1. The fraction of sp³-hybridized carbons (Fsp3) is 0.733. The van der Waals surface area contributed by atoms with Gasteiger partial charge < -0.3 is 10.6 Å². The Bertz CT molecular complexity index is 510. The molecule has 3 unspecified atom stereocenters. The Morgan fingerprint density at radius 2 is 2.10 bits per heavy atom. The van der Waals surface area contributed by atoms with Gasteiger partial charge in [0.25, 0.3) is 5.91 Å². The van der Waals surface area contributed by atoms with Crippen molar-refractivity contribution in [3.63, 3.8) is 0 Å². The van der Waals surface area contributed by atoms with Gasteiger partial charge in [-0.15, -0.1) is 0 Å². The third-order valence-electron chi connectivity index (χ3n) is 5.20. The summed E-state index contributed by atoms with van der Waals surface area (Å²) >= 11 is 0. The van der Waals surface area contributed by atoms with E-state index in [1.165, 1.54) is 19.3 Å². The molecule has 0 spiro atoms. The molecule has 1 saturated carbocycles. The molecule has 110 valence electrons. The smallest absolute Gasteiger partial charge is 0.276 e. The highest BCUT2D eigenvalue weighted by atomic mass is 16.2. The highest BCUT2D eigenvalue weighted by Gasteiger charge is 2.40. The molecular weight excluding hydrogens is 252 g/mol. The number of anilines is 1. The Morgan fingerprint density at radius 1 is 1.35 bits per heavy atom. The average molecular weight is 276 g/mol. The van der Waals surface area contributed by atoms with Gasteiger partial charge in [-0.05, 0) is 38.0 Å². The average Bonchev–Trinajstić information content (AvgIpc) is 2.79. The number of aromatic nitrogens is 2. The van der Waals surface area contributed by atoms with Crippen LogP contribution in [-0.4, -0.2) is 33.6 Å². The number of likely N-dealkylation sites (tertiary alicyclic amines) is 1. The SMILES string of the molecule is Cc1[nH]nc(C(=O)N2CCC(C)C3CCCCC32)c1N. The van der Waals surface area contributed by atoms with Gasteiger partial charge in [0.2, 0.25) is 0 Å². The summed E-state index contributed by atoms with van der Waals surface area (Å²) in [7, 11) is 0. The van der Waals surface area contributed by atoms with Crippen LogP contribution in [0.2, 0.25) is 0 Å². The summed E-state index contributed by atoms with van der Waals surface area (Å²) in [5, 5.41) is 6.92. The second kappa shape index (κ2) is 5.11. The molecule has 1 saturated heterocycles. The minimum atomic E-state index is 0.00986. The van der Waals surface area contributed by atoms with Crippen LogP contribution in [-0.2, 0) is 0 Å². The van der Waals surface area contributed by atoms with Crippen molar-refractivity contribution in [1.29, 1.82) is 0 Å². The minimum Gasteiger partial charge on any atom is -0.395 e. The quantitative estimate of drug-likeness (QED) is 0.826. The first-order chi connectivity index (χ1) is 9.59. The lowest BCUT2D eigenvalue weighted by Crippen LogP contribution is -2.52. The van der Waals surface area contributed by atoms with Crippen molar-refractivity contribution in [3.8, 4) is 0 Å². The second-order valence-corrected chi connectivity index (χ2v) is 6.39. The maximum atomic E-state index is 12.8. The van der Waals surface area contributed by atoms with Crippen LogP contribution < -0.4 is 5.73 Å². The van der Waals surface area contributed by atoms with E-state index >= 15 is 0 Å². The number of carbonyl (C=O) groups is 1. The normalized spacial score (nSPS) is 30.1. The van der Waals surface area contributed by atoms with Gasteiger partial charge in [0.1, 0.15) is 0 Å². The van der Waals surface area contributed by atoms with Gasteiger partial charge in [0.05, 0.1) is 11.4 Å². The number of nitrogens with two attached hydrogens (primary N) is 1. The van der Waals surface area contributed by atoms with Gasteiger partial charge in [-0.2, -0.15) is 5.10 Å². The first kappa shape index (κ1) is 13.5. The van der Waals surface area contributed by atoms with E-state index < -0.39 is 0 Å². The molecule has 0 aromatic carbocycles. The molecule has 1 aromatic rings. The number of rotatable bonds is 1. The lowest BCUT2D eigenvalue weighted by atomic mass is 9.72. The molecule has 5 nitrogen and oxygen atoms in total. The number of nitrogens with zero attached hydrogens (tertiary/aromatic N) is 2. The Hall–Kier alpha value is -1.52. The van der Waals surface area contributed by atoms with Crippen LogP contribution in [0.4, 0.5) is 5.69 Å². The lowest BCUT2D eigenvalue weighted by molar-refractivity contribution is 0.0214. The van der Waals surface area contributed by atoms with Crippen molar-refractivity contribution < 1.29 is 4.79 Å². The van der Waals surface area contributed by atoms with E-state index in [4.69, 9.17) is 5.73 Å². The zero-order valence-corrected chi connectivity index (χ0v) is 12.4. The molecule has 1 aromatic heterocycles. The summed E-state index contributed by atoms with van der Waals surface area (Å²) < 4.78 is 0. The van der Waals surface area contributed by atoms with Crippen molar-refractivity contribution in [2.75, 3.05) is 12.3 Å². The van der Waals surface area contributed by atoms with Crippen LogP contribution in [0.15, 0.2) is 0 Å². The van der Waals surface area contributed by atoms with E-state index in [2.05, 4.69) is 17.1 Å². The molecule has 3 atom stereocenters. The maximum absolute atomic E-state index is 12.8. The van der Waals surface area contributed by atoms with E-state index in [0.717, 1.165) is 31.0 Å². The third kappa shape index (κ3) is 2.09. The van der Waals surface area contributed by atoms with Gasteiger partial charge >= 0.3 is 0 Å². The fourth-order valence-electron chi connectivity index (χ4n) is 3.90. The summed E-state index contributed by atoms with van der Waals surface area (Å²) in [5.74, 6) is 1.39. The number of piperidine rings is 1.